The molecule has 1 saturated carbocycles. The smallest absolute Gasteiger partial charge is 0.167 e. The fourth-order valence-corrected chi connectivity index (χ4v) is 1.69. The number of benzene rings is 1. The van der Waals surface area contributed by atoms with Gasteiger partial charge in [0.1, 0.15) is 6.34 Å². The van der Waals surface area contributed by atoms with Crippen molar-refractivity contribution in [1.29, 1.82) is 5.41 Å². The number of ether oxygens (including phenoxy) is 1. The highest BCUT2D eigenvalue weighted by Crippen LogP contribution is 2.32. The predicted octanol–water partition coefficient (Wildman–Crippen LogP) is 3.03. The quantitative estimate of drug-likeness (QED) is 0.458. The minimum Gasteiger partial charge on any atom is -0.491 e. The van der Waals surface area contributed by atoms with Crippen LogP contribution in [0.5, 0.6) is 5.75 Å². The molecule has 0 spiro atoms. The van der Waals surface area contributed by atoms with Gasteiger partial charge in [-0.1, -0.05) is 12.8 Å². The summed E-state index contributed by atoms with van der Waals surface area (Å²) in [4.78, 5) is 0. The van der Waals surface area contributed by atoms with Crippen molar-refractivity contribution in [3.63, 3.8) is 0 Å². The zero-order valence-corrected chi connectivity index (χ0v) is 10.1. The molecule has 0 amide bonds. The zero-order chi connectivity index (χ0) is 13.0. The van der Waals surface area contributed by atoms with E-state index in [0.717, 1.165) is 18.7 Å². The van der Waals surface area contributed by atoms with Gasteiger partial charge in [-0.05, 0) is 24.5 Å². The second-order valence-corrected chi connectivity index (χ2v) is 4.31. The molecule has 96 valence electrons. The fraction of sp³-hybridized carbons (Fsp3) is 0.385. The van der Waals surface area contributed by atoms with Crippen LogP contribution < -0.4 is 9.75 Å². The van der Waals surface area contributed by atoms with E-state index in [4.69, 9.17) is 10.1 Å². The maximum atomic E-state index is 13.7. The molecule has 0 aliphatic heterocycles. The van der Waals surface area contributed by atoms with Crippen molar-refractivity contribution in [3.05, 3.63) is 24.0 Å². The van der Waals surface area contributed by atoms with E-state index in [1.807, 2.05) is 0 Å². The average Bonchev–Trinajstić information content (AvgIpc) is 3.17. The first kappa shape index (κ1) is 12.5. The minimum absolute atomic E-state index is 0.244. The van der Waals surface area contributed by atoms with Crippen LogP contribution in [-0.2, 0) is 0 Å². The Labute approximate surface area is 106 Å². The number of halogens is 1. The van der Waals surface area contributed by atoms with Crippen LogP contribution in [-0.4, -0.2) is 19.7 Å². The van der Waals surface area contributed by atoms with Crippen molar-refractivity contribution in [1.82, 2.24) is 0 Å². The standard InChI is InChI=1S/C13H16FN3O/c1-16-17(9-15)11-4-5-13(12(14)8-11)18-7-6-10-2-3-10/h4-5,8-10,15H,1-3,6-7H2. The maximum absolute atomic E-state index is 13.7. The van der Waals surface area contributed by atoms with Gasteiger partial charge in [-0.2, -0.15) is 5.10 Å². The lowest BCUT2D eigenvalue weighted by molar-refractivity contribution is 0.288. The molecule has 5 heteroatoms. The van der Waals surface area contributed by atoms with Crippen molar-refractivity contribution in [2.24, 2.45) is 11.0 Å². The summed E-state index contributed by atoms with van der Waals surface area (Å²) in [6, 6.07) is 4.49. The molecule has 0 aromatic heterocycles. The van der Waals surface area contributed by atoms with Gasteiger partial charge in [-0.3, -0.25) is 5.41 Å². The topological polar surface area (TPSA) is 48.7 Å². The largest absolute Gasteiger partial charge is 0.491 e. The summed E-state index contributed by atoms with van der Waals surface area (Å²) in [6.07, 6.45) is 4.49. The van der Waals surface area contributed by atoms with Crippen molar-refractivity contribution in [3.8, 4) is 5.75 Å². The third kappa shape index (κ3) is 3.06. The van der Waals surface area contributed by atoms with Gasteiger partial charge in [0.05, 0.1) is 12.3 Å². The first-order chi connectivity index (χ1) is 8.74. The third-order valence-corrected chi connectivity index (χ3v) is 2.94. The summed E-state index contributed by atoms with van der Waals surface area (Å²) < 4.78 is 19.1. The number of nitrogens with one attached hydrogen (secondary N) is 1. The molecule has 4 nitrogen and oxygen atoms in total. The number of anilines is 1. The van der Waals surface area contributed by atoms with Crippen LogP contribution in [0.25, 0.3) is 0 Å². The average molecular weight is 249 g/mol. The van der Waals surface area contributed by atoms with Crippen molar-refractivity contribution in [2.45, 2.75) is 19.3 Å². The molecule has 0 heterocycles. The molecular weight excluding hydrogens is 233 g/mol. The summed E-state index contributed by atoms with van der Waals surface area (Å²) in [5, 5.41) is 11.9. The van der Waals surface area contributed by atoms with E-state index >= 15 is 0 Å². The third-order valence-electron chi connectivity index (χ3n) is 2.94. The Morgan fingerprint density at radius 3 is 2.89 bits per heavy atom. The molecule has 1 aliphatic rings. The number of hydrazone groups is 1. The number of hydrogen-bond donors (Lipinski definition) is 1. The Hall–Kier alpha value is -1.91. The SMILES string of the molecule is C=NN(C=N)c1ccc(OCCC2CC2)c(F)c1. The van der Waals surface area contributed by atoms with E-state index in [1.165, 1.54) is 23.9 Å². The highest BCUT2D eigenvalue weighted by Gasteiger charge is 2.21. The van der Waals surface area contributed by atoms with E-state index in [2.05, 4.69) is 11.8 Å². The van der Waals surface area contributed by atoms with Crippen LogP contribution in [0.2, 0.25) is 0 Å². The van der Waals surface area contributed by atoms with Crippen LogP contribution in [0.4, 0.5) is 10.1 Å². The summed E-state index contributed by atoms with van der Waals surface area (Å²) in [6.45, 7) is 3.86. The summed E-state index contributed by atoms with van der Waals surface area (Å²) in [5.41, 5.74) is 0.451. The lowest BCUT2D eigenvalue weighted by Gasteiger charge is -2.13. The molecular formula is C13H16FN3O. The lowest BCUT2D eigenvalue weighted by Crippen LogP contribution is -2.12. The molecule has 1 aromatic carbocycles. The molecule has 1 aliphatic carbocycles. The van der Waals surface area contributed by atoms with Gasteiger partial charge < -0.3 is 4.74 Å². The van der Waals surface area contributed by atoms with E-state index in [-0.39, 0.29) is 5.75 Å². The van der Waals surface area contributed by atoms with E-state index in [9.17, 15) is 4.39 Å². The number of hydrogen-bond acceptors (Lipinski definition) is 3. The van der Waals surface area contributed by atoms with Gasteiger partial charge in [0, 0.05) is 12.8 Å². The molecule has 1 aromatic rings. The monoisotopic (exact) mass is 249 g/mol. The zero-order valence-electron chi connectivity index (χ0n) is 10.1. The van der Waals surface area contributed by atoms with Crippen LogP contribution >= 0.6 is 0 Å². The highest BCUT2D eigenvalue weighted by atomic mass is 19.1. The second-order valence-electron chi connectivity index (χ2n) is 4.31. The summed E-state index contributed by atoms with van der Waals surface area (Å²) >= 11 is 0. The Balaban J connectivity index is 1.98. The predicted molar refractivity (Wildman–Crippen MR) is 70.0 cm³/mol. The summed E-state index contributed by atoms with van der Waals surface area (Å²) in [5.74, 6) is 0.567. The van der Waals surface area contributed by atoms with Crippen molar-refractivity contribution >= 4 is 18.7 Å². The number of rotatable bonds is 7. The molecule has 0 atom stereocenters. The van der Waals surface area contributed by atoms with Crippen LogP contribution in [0, 0.1) is 17.1 Å². The first-order valence-electron chi connectivity index (χ1n) is 5.93. The van der Waals surface area contributed by atoms with Gasteiger partial charge in [0.25, 0.3) is 0 Å². The molecule has 2 rings (SSSR count). The van der Waals surface area contributed by atoms with Crippen molar-refractivity contribution < 1.29 is 9.13 Å². The van der Waals surface area contributed by atoms with Gasteiger partial charge in [-0.25, -0.2) is 9.40 Å². The summed E-state index contributed by atoms with van der Waals surface area (Å²) in [7, 11) is 0. The van der Waals surface area contributed by atoms with Gasteiger partial charge in [-0.15, -0.1) is 0 Å². The van der Waals surface area contributed by atoms with Gasteiger partial charge in [0.15, 0.2) is 11.6 Å². The molecule has 18 heavy (non-hydrogen) atoms. The first-order valence-corrected chi connectivity index (χ1v) is 5.93. The molecule has 0 radical (unpaired) electrons. The Kier molecular flexibility index (Phi) is 3.92. The molecule has 1 N–H and O–H groups in total. The van der Waals surface area contributed by atoms with E-state index in [1.54, 1.807) is 12.1 Å². The van der Waals surface area contributed by atoms with Crippen molar-refractivity contribution in [2.75, 3.05) is 11.6 Å². The van der Waals surface area contributed by atoms with Crippen LogP contribution in [0.15, 0.2) is 23.3 Å². The Bertz CT molecular complexity index is 438. The molecule has 0 unspecified atom stereocenters. The number of nitrogens with zero attached hydrogens (tertiary/aromatic N) is 2. The minimum atomic E-state index is -0.446. The Morgan fingerprint density at radius 2 is 2.33 bits per heavy atom. The van der Waals surface area contributed by atoms with E-state index in [0.29, 0.717) is 12.3 Å². The maximum Gasteiger partial charge on any atom is 0.167 e. The van der Waals surface area contributed by atoms with Gasteiger partial charge >= 0.3 is 0 Å². The normalized spacial score (nSPS) is 14.1. The van der Waals surface area contributed by atoms with Crippen LogP contribution in [0.1, 0.15) is 19.3 Å². The molecule has 1 fully saturated rings. The molecule has 0 saturated heterocycles. The highest BCUT2D eigenvalue weighted by molar-refractivity contribution is 5.77. The van der Waals surface area contributed by atoms with Crippen LogP contribution in [0.3, 0.4) is 0 Å². The van der Waals surface area contributed by atoms with E-state index < -0.39 is 5.82 Å². The second kappa shape index (κ2) is 5.62. The Morgan fingerprint density at radius 1 is 1.56 bits per heavy atom. The fourth-order valence-electron chi connectivity index (χ4n) is 1.69. The van der Waals surface area contributed by atoms with Gasteiger partial charge in [0.2, 0.25) is 0 Å². The lowest BCUT2D eigenvalue weighted by atomic mass is 10.2. The molecule has 0 bridgehead atoms.